The lowest BCUT2D eigenvalue weighted by molar-refractivity contribution is -0.120. The smallest absolute Gasteiger partial charge is 0.282 e. The third-order valence-electron chi connectivity index (χ3n) is 5.29. The Labute approximate surface area is 196 Å². The van der Waals surface area contributed by atoms with Crippen LogP contribution in [-0.2, 0) is 9.59 Å². The topological polar surface area (TPSA) is 58.6 Å². The number of carbonyl (C=O) groups is 2. The third kappa shape index (κ3) is 4.47. The zero-order valence-electron chi connectivity index (χ0n) is 18.2. The minimum absolute atomic E-state index is 0.0943. The standard InChI is InChI=1S/C26H22ClFN2O3/c1-3-14-33-20-7-4-6-19(15-20)30-25(31)23(17-10-12-18(28)13-11-17)24(26(30)32)29-22-9-5-8-21(27)16(22)2/h4-13,15,29H,3,14H2,1-2H3. The Morgan fingerprint density at radius 3 is 2.45 bits per heavy atom. The summed E-state index contributed by atoms with van der Waals surface area (Å²) in [5, 5.41) is 3.63. The van der Waals surface area contributed by atoms with Crippen LogP contribution in [0.25, 0.3) is 5.57 Å². The molecular formula is C26H22ClFN2O3. The van der Waals surface area contributed by atoms with Crippen LogP contribution >= 0.6 is 11.6 Å². The molecule has 0 saturated heterocycles. The first-order valence-corrected chi connectivity index (χ1v) is 10.9. The lowest BCUT2D eigenvalue weighted by atomic mass is 10.0. The number of amides is 2. The van der Waals surface area contributed by atoms with Crippen molar-refractivity contribution in [3.05, 3.63) is 94.4 Å². The minimum atomic E-state index is -0.522. The van der Waals surface area contributed by atoms with Crippen molar-refractivity contribution in [3.8, 4) is 5.75 Å². The largest absolute Gasteiger partial charge is 0.494 e. The van der Waals surface area contributed by atoms with E-state index in [0.29, 0.717) is 34.3 Å². The van der Waals surface area contributed by atoms with Gasteiger partial charge in [-0.15, -0.1) is 0 Å². The van der Waals surface area contributed by atoms with Crippen molar-refractivity contribution in [1.82, 2.24) is 0 Å². The monoisotopic (exact) mass is 464 g/mol. The van der Waals surface area contributed by atoms with E-state index in [2.05, 4.69) is 5.32 Å². The van der Waals surface area contributed by atoms with Crippen molar-refractivity contribution in [2.24, 2.45) is 0 Å². The zero-order valence-corrected chi connectivity index (χ0v) is 18.9. The van der Waals surface area contributed by atoms with Gasteiger partial charge in [0.05, 0.1) is 17.9 Å². The summed E-state index contributed by atoms with van der Waals surface area (Å²) in [4.78, 5) is 28.2. The number of nitrogens with one attached hydrogen (secondary N) is 1. The summed E-state index contributed by atoms with van der Waals surface area (Å²) >= 11 is 6.24. The molecule has 0 saturated carbocycles. The van der Waals surface area contributed by atoms with Gasteiger partial charge < -0.3 is 10.1 Å². The van der Waals surface area contributed by atoms with Gasteiger partial charge in [0.1, 0.15) is 17.3 Å². The quantitative estimate of drug-likeness (QED) is 0.437. The van der Waals surface area contributed by atoms with E-state index in [0.717, 1.165) is 16.9 Å². The molecule has 2 amide bonds. The number of carbonyl (C=O) groups excluding carboxylic acids is 2. The van der Waals surface area contributed by atoms with Crippen molar-refractivity contribution < 1.29 is 18.7 Å². The molecule has 5 nitrogen and oxygen atoms in total. The van der Waals surface area contributed by atoms with Gasteiger partial charge in [0.2, 0.25) is 0 Å². The molecule has 33 heavy (non-hydrogen) atoms. The molecule has 3 aromatic carbocycles. The molecule has 1 aliphatic rings. The van der Waals surface area contributed by atoms with Crippen LogP contribution in [0.5, 0.6) is 5.75 Å². The summed E-state index contributed by atoms with van der Waals surface area (Å²) in [6, 6.07) is 17.6. The van der Waals surface area contributed by atoms with Crippen LogP contribution < -0.4 is 15.0 Å². The van der Waals surface area contributed by atoms with Gasteiger partial charge in [-0.3, -0.25) is 9.59 Å². The van der Waals surface area contributed by atoms with Gasteiger partial charge in [-0.1, -0.05) is 42.8 Å². The number of halogens is 2. The van der Waals surface area contributed by atoms with Gasteiger partial charge in [0.15, 0.2) is 0 Å². The van der Waals surface area contributed by atoms with Crippen LogP contribution in [0.3, 0.4) is 0 Å². The summed E-state index contributed by atoms with van der Waals surface area (Å²) < 4.78 is 19.2. The highest BCUT2D eigenvalue weighted by Crippen LogP contribution is 2.36. The van der Waals surface area contributed by atoms with Crippen LogP contribution in [-0.4, -0.2) is 18.4 Å². The molecular weight excluding hydrogens is 443 g/mol. The summed E-state index contributed by atoms with van der Waals surface area (Å²) in [6.07, 6.45) is 0.828. The van der Waals surface area contributed by atoms with Gasteiger partial charge in [0, 0.05) is 16.8 Å². The van der Waals surface area contributed by atoms with E-state index in [1.54, 1.807) is 42.5 Å². The number of ether oxygens (including phenoxy) is 1. The van der Waals surface area contributed by atoms with Crippen molar-refractivity contribution >= 4 is 40.4 Å². The van der Waals surface area contributed by atoms with Crippen molar-refractivity contribution in [3.63, 3.8) is 0 Å². The van der Waals surface area contributed by atoms with E-state index in [9.17, 15) is 14.0 Å². The molecule has 0 bridgehead atoms. The molecule has 0 radical (unpaired) electrons. The number of benzene rings is 3. The maximum absolute atomic E-state index is 13.6. The van der Waals surface area contributed by atoms with Crippen LogP contribution in [0.1, 0.15) is 24.5 Å². The molecule has 1 heterocycles. The Balaban J connectivity index is 1.79. The van der Waals surface area contributed by atoms with Gasteiger partial charge in [-0.25, -0.2) is 9.29 Å². The predicted molar refractivity (Wildman–Crippen MR) is 128 cm³/mol. The van der Waals surface area contributed by atoms with E-state index < -0.39 is 17.6 Å². The van der Waals surface area contributed by atoms with Crippen molar-refractivity contribution in [1.29, 1.82) is 0 Å². The normalized spacial score (nSPS) is 13.6. The summed E-state index contributed by atoms with van der Waals surface area (Å²) in [6.45, 7) is 4.33. The first-order chi connectivity index (χ1) is 15.9. The Hall–Kier alpha value is -3.64. The number of rotatable bonds is 7. The van der Waals surface area contributed by atoms with Crippen LogP contribution in [0.4, 0.5) is 15.8 Å². The Bertz CT molecular complexity index is 1250. The van der Waals surface area contributed by atoms with Gasteiger partial charge >= 0.3 is 0 Å². The van der Waals surface area contributed by atoms with Crippen LogP contribution in [0.2, 0.25) is 5.02 Å². The lowest BCUT2D eigenvalue weighted by Gasteiger charge is -2.17. The zero-order chi connectivity index (χ0) is 23.5. The lowest BCUT2D eigenvalue weighted by Crippen LogP contribution is -2.32. The molecule has 1 N–H and O–H groups in total. The van der Waals surface area contributed by atoms with E-state index in [4.69, 9.17) is 16.3 Å². The third-order valence-corrected chi connectivity index (χ3v) is 5.70. The summed E-state index contributed by atoms with van der Waals surface area (Å²) in [5.74, 6) is -0.910. The summed E-state index contributed by atoms with van der Waals surface area (Å²) in [5.41, 5.74) is 2.39. The molecule has 7 heteroatoms. The second kappa shape index (κ2) is 9.46. The number of imide groups is 1. The molecule has 4 rings (SSSR count). The first kappa shape index (κ1) is 22.6. The maximum Gasteiger partial charge on any atom is 0.282 e. The highest BCUT2D eigenvalue weighted by atomic mass is 35.5. The highest BCUT2D eigenvalue weighted by Gasteiger charge is 2.40. The fourth-order valence-corrected chi connectivity index (χ4v) is 3.75. The molecule has 168 valence electrons. The van der Waals surface area contributed by atoms with E-state index in [1.165, 1.54) is 24.3 Å². The van der Waals surface area contributed by atoms with Crippen molar-refractivity contribution in [2.75, 3.05) is 16.8 Å². The average molecular weight is 465 g/mol. The van der Waals surface area contributed by atoms with Crippen LogP contribution in [0.15, 0.2) is 72.4 Å². The first-order valence-electron chi connectivity index (χ1n) is 10.5. The molecule has 1 aliphatic heterocycles. The Morgan fingerprint density at radius 2 is 1.73 bits per heavy atom. The summed E-state index contributed by atoms with van der Waals surface area (Å²) in [7, 11) is 0. The van der Waals surface area contributed by atoms with Crippen LogP contribution in [0, 0.1) is 12.7 Å². The molecule has 0 unspecified atom stereocenters. The number of hydrogen-bond acceptors (Lipinski definition) is 4. The Morgan fingerprint density at radius 1 is 1.00 bits per heavy atom. The van der Waals surface area contributed by atoms with Gasteiger partial charge in [-0.05, 0) is 60.9 Å². The van der Waals surface area contributed by atoms with Gasteiger partial charge in [-0.2, -0.15) is 0 Å². The average Bonchev–Trinajstić information content (AvgIpc) is 3.05. The fourth-order valence-electron chi connectivity index (χ4n) is 3.57. The van der Waals surface area contributed by atoms with Crippen molar-refractivity contribution in [2.45, 2.75) is 20.3 Å². The SMILES string of the molecule is CCCOc1cccc(N2C(=O)C(Nc3cccc(Cl)c3C)=C(c3ccc(F)cc3)C2=O)c1. The maximum atomic E-state index is 13.6. The molecule has 0 spiro atoms. The molecule has 0 aromatic heterocycles. The van der Waals surface area contributed by atoms with E-state index in [1.807, 2.05) is 13.8 Å². The number of anilines is 2. The fraction of sp³-hybridized carbons (Fsp3) is 0.154. The van der Waals surface area contributed by atoms with E-state index >= 15 is 0 Å². The second-order valence-electron chi connectivity index (χ2n) is 7.59. The molecule has 0 aliphatic carbocycles. The number of nitrogens with zero attached hydrogens (tertiary/aromatic N) is 1. The van der Waals surface area contributed by atoms with Gasteiger partial charge in [0.25, 0.3) is 11.8 Å². The Kier molecular flexibility index (Phi) is 6.47. The molecule has 0 atom stereocenters. The molecule has 0 fully saturated rings. The van der Waals surface area contributed by atoms with E-state index in [-0.39, 0.29) is 11.3 Å². The highest BCUT2D eigenvalue weighted by molar-refractivity contribution is 6.46. The predicted octanol–water partition coefficient (Wildman–Crippen LogP) is 5.97. The minimum Gasteiger partial charge on any atom is -0.494 e. The second-order valence-corrected chi connectivity index (χ2v) is 7.99. The number of hydrogen-bond donors (Lipinski definition) is 1. The molecule has 3 aromatic rings.